The van der Waals surface area contributed by atoms with E-state index in [-0.39, 0.29) is 0 Å². The monoisotopic (exact) mass is 222 g/mol. The third-order valence-corrected chi connectivity index (χ3v) is 2.85. The van der Waals surface area contributed by atoms with Crippen LogP contribution in [0, 0.1) is 6.07 Å². The molecule has 0 saturated heterocycles. The summed E-state index contributed by atoms with van der Waals surface area (Å²) < 4.78 is 5.23. The molecule has 0 saturated carbocycles. The van der Waals surface area contributed by atoms with E-state index in [1.807, 2.05) is 30.3 Å². The molecule has 3 rings (SSSR count). The van der Waals surface area contributed by atoms with Gasteiger partial charge in [-0.25, -0.2) is 0 Å². The molecule has 0 aliphatic rings. The molecule has 17 heavy (non-hydrogen) atoms. The Morgan fingerprint density at radius 2 is 2.12 bits per heavy atom. The molecule has 0 bridgehead atoms. The van der Waals surface area contributed by atoms with Crippen molar-refractivity contribution in [2.75, 3.05) is 7.11 Å². The Morgan fingerprint density at radius 3 is 2.94 bits per heavy atom. The number of aromatic amines is 1. The van der Waals surface area contributed by atoms with E-state index in [2.05, 4.69) is 29.2 Å². The van der Waals surface area contributed by atoms with Crippen molar-refractivity contribution in [2.45, 2.75) is 0 Å². The van der Waals surface area contributed by atoms with Gasteiger partial charge in [0.05, 0.1) is 7.11 Å². The molecule has 1 radical (unpaired) electrons. The number of nitrogens with one attached hydrogen (secondary N) is 1. The van der Waals surface area contributed by atoms with Crippen molar-refractivity contribution in [3.63, 3.8) is 0 Å². The number of ether oxygens (including phenoxy) is 1. The summed E-state index contributed by atoms with van der Waals surface area (Å²) in [5, 5.41) is 1.20. The van der Waals surface area contributed by atoms with Crippen molar-refractivity contribution >= 4 is 10.9 Å². The van der Waals surface area contributed by atoms with E-state index >= 15 is 0 Å². The number of hydrogen-bond donors (Lipinski definition) is 1. The molecule has 1 aromatic heterocycles. The maximum Gasteiger partial charge on any atom is 0.119 e. The maximum absolute atomic E-state index is 5.23. The minimum Gasteiger partial charge on any atom is -0.497 e. The Kier molecular flexibility index (Phi) is 2.33. The molecular weight excluding hydrogens is 210 g/mol. The molecule has 0 aliphatic heterocycles. The summed E-state index contributed by atoms with van der Waals surface area (Å²) in [6.07, 6.45) is 0. The summed E-state index contributed by atoms with van der Waals surface area (Å²) in [4.78, 5) is 3.38. The zero-order valence-electron chi connectivity index (χ0n) is 9.53. The van der Waals surface area contributed by atoms with Crippen LogP contribution >= 0.6 is 0 Å². The highest BCUT2D eigenvalue weighted by atomic mass is 16.5. The standard InChI is InChI=1S/C15H12NO/c1-17-13-7-4-6-11(9-13)15-10-12-5-2-3-8-14(12)16-15/h2,4-10,16H,1H3. The van der Waals surface area contributed by atoms with Crippen LogP contribution in [0.1, 0.15) is 0 Å². The predicted molar refractivity (Wildman–Crippen MR) is 69.1 cm³/mol. The van der Waals surface area contributed by atoms with Gasteiger partial charge in [-0.15, -0.1) is 0 Å². The molecule has 0 atom stereocenters. The summed E-state index contributed by atoms with van der Waals surface area (Å²) in [5.74, 6) is 0.868. The van der Waals surface area contributed by atoms with E-state index < -0.39 is 0 Å². The first-order chi connectivity index (χ1) is 8.36. The third-order valence-electron chi connectivity index (χ3n) is 2.85. The minimum absolute atomic E-state index is 0.868. The van der Waals surface area contributed by atoms with Crippen molar-refractivity contribution in [1.29, 1.82) is 0 Å². The maximum atomic E-state index is 5.23. The van der Waals surface area contributed by atoms with Gasteiger partial charge in [-0.05, 0) is 30.3 Å². The first kappa shape index (κ1) is 9.97. The van der Waals surface area contributed by atoms with Crippen LogP contribution in [0.5, 0.6) is 5.75 Å². The Bertz CT molecular complexity index is 622. The molecule has 2 heteroatoms. The highest BCUT2D eigenvalue weighted by Crippen LogP contribution is 2.26. The van der Waals surface area contributed by atoms with Crippen LogP contribution in [-0.2, 0) is 0 Å². The fraction of sp³-hybridized carbons (Fsp3) is 0.0667. The molecule has 0 fully saturated rings. The number of benzene rings is 2. The van der Waals surface area contributed by atoms with Gasteiger partial charge in [0, 0.05) is 22.2 Å². The molecule has 0 amide bonds. The largest absolute Gasteiger partial charge is 0.497 e. The second-order valence-electron chi connectivity index (χ2n) is 3.93. The molecule has 0 unspecified atom stereocenters. The lowest BCUT2D eigenvalue weighted by molar-refractivity contribution is 0.415. The summed E-state index contributed by atoms with van der Waals surface area (Å²) in [5.41, 5.74) is 3.32. The predicted octanol–water partition coefficient (Wildman–Crippen LogP) is 3.64. The number of methoxy groups -OCH3 is 1. The average Bonchev–Trinajstić information content (AvgIpc) is 2.82. The Morgan fingerprint density at radius 1 is 1.18 bits per heavy atom. The molecular formula is C15H12NO. The Balaban J connectivity index is 2.13. The van der Waals surface area contributed by atoms with Crippen LogP contribution in [0.4, 0.5) is 0 Å². The quantitative estimate of drug-likeness (QED) is 0.703. The first-order valence-corrected chi connectivity index (χ1v) is 5.50. The molecule has 2 aromatic carbocycles. The fourth-order valence-corrected chi connectivity index (χ4v) is 1.96. The van der Waals surface area contributed by atoms with Gasteiger partial charge >= 0.3 is 0 Å². The lowest BCUT2D eigenvalue weighted by atomic mass is 10.1. The van der Waals surface area contributed by atoms with Crippen LogP contribution < -0.4 is 4.74 Å². The van der Waals surface area contributed by atoms with E-state index in [1.54, 1.807) is 7.11 Å². The first-order valence-electron chi connectivity index (χ1n) is 5.50. The van der Waals surface area contributed by atoms with Crippen molar-refractivity contribution < 1.29 is 4.74 Å². The zero-order valence-corrected chi connectivity index (χ0v) is 9.53. The number of rotatable bonds is 2. The SMILES string of the molecule is COc1cccc(-c2cc3cc[c]cc3[nH]2)c1. The number of aromatic nitrogens is 1. The second-order valence-corrected chi connectivity index (χ2v) is 3.93. The van der Waals surface area contributed by atoms with E-state index in [0.717, 1.165) is 22.5 Å². The lowest BCUT2D eigenvalue weighted by Crippen LogP contribution is -1.83. The number of fused-ring (bicyclic) bond motifs is 1. The van der Waals surface area contributed by atoms with Gasteiger partial charge in [0.2, 0.25) is 0 Å². The smallest absolute Gasteiger partial charge is 0.119 e. The highest BCUT2D eigenvalue weighted by Gasteiger charge is 2.03. The van der Waals surface area contributed by atoms with Crippen molar-refractivity contribution in [3.05, 3.63) is 54.6 Å². The van der Waals surface area contributed by atoms with Gasteiger partial charge in [0.25, 0.3) is 0 Å². The summed E-state index contributed by atoms with van der Waals surface area (Å²) in [6.45, 7) is 0. The Hall–Kier alpha value is -2.22. The lowest BCUT2D eigenvalue weighted by Gasteiger charge is -2.02. The molecule has 83 valence electrons. The molecule has 1 N–H and O–H groups in total. The summed E-state index contributed by atoms with van der Waals surface area (Å²) in [6, 6.07) is 19.2. The second kappa shape index (κ2) is 3.98. The number of hydrogen-bond acceptors (Lipinski definition) is 1. The van der Waals surface area contributed by atoms with Crippen molar-refractivity contribution in [2.24, 2.45) is 0 Å². The van der Waals surface area contributed by atoms with Crippen LogP contribution in [0.25, 0.3) is 22.2 Å². The Labute approximate surface area is 99.9 Å². The van der Waals surface area contributed by atoms with Crippen LogP contribution in [0.3, 0.4) is 0 Å². The number of H-pyrrole nitrogens is 1. The summed E-state index contributed by atoms with van der Waals surface area (Å²) in [7, 11) is 1.68. The van der Waals surface area contributed by atoms with Gasteiger partial charge in [-0.1, -0.05) is 24.3 Å². The molecule has 2 nitrogen and oxygen atoms in total. The summed E-state index contributed by atoms with van der Waals surface area (Å²) >= 11 is 0. The van der Waals surface area contributed by atoms with Gasteiger partial charge in [-0.3, -0.25) is 0 Å². The van der Waals surface area contributed by atoms with Crippen LogP contribution in [0.15, 0.2) is 48.5 Å². The fourth-order valence-electron chi connectivity index (χ4n) is 1.96. The van der Waals surface area contributed by atoms with Gasteiger partial charge in [0.1, 0.15) is 5.75 Å². The van der Waals surface area contributed by atoms with E-state index in [4.69, 9.17) is 4.74 Å². The molecule has 0 spiro atoms. The van der Waals surface area contributed by atoms with Crippen LogP contribution in [-0.4, -0.2) is 12.1 Å². The molecule has 3 aromatic rings. The minimum atomic E-state index is 0.868. The molecule has 1 heterocycles. The van der Waals surface area contributed by atoms with E-state index in [0.29, 0.717) is 0 Å². The normalized spacial score (nSPS) is 10.6. The molecule has 0 aliphatic carbocycles. The van der Waals surface area contributed by atoms with Crippen molar-refractivity contribution in [1.82, 2.24) is 4.98 Å². The van der Waals surface area contributed by atoms with Crippen molar-refractivity contribution in [3.8, 4) is 17.0 Å². The van der Waals surface area contributed by atoms with Gasteiger partial charge in [0.15, 0.2) is 0 Å². The average molecular weight is 222 g/mol. The van der Waals surface area contributed by atoms with E-state index in [1.165, 1.54) is 5.39 Å². The van der Waals surface area contributed by atoms with Gasteiger partial charge < -0.3 is 9.72 Å². The zero-order chi connectivity index (χ0) is 11.7. The topological polar surface area (TPSA) is 25.0 Å². The van der Waals surface area contributed by atoms with E-state index in [9.17, 15) is 0 Å². The van der Waals surface area contributed by atoms with Gasteiger partial charge in [-0.2, -0.15) is 0 Å². The van der Waals surface area contributed by atoms with Crippen LogP contribution in [0.2, 0.25) is 0 Å². The highest BCUT2D eigenvalue weighted by molar-refractivity contribution is 5.85. The third kappa shape index (κ3) is 1.78.